The number of nitrogens with zero attached hydrogens (tertiary/aromatic N) is 6. The van der Waals surface area contributed by atoms with Crippen LogP contribution >= 0.6 is 0 Å². The van der Waals surface area contributed by atoms with Gasteiger partial charge in [-0.3, -0.25) is 0 Å². The predicted molar refractivity (Wildman–Crippen MR) is 36.1 cm³/mol. The van der Waals surface area contributed by atoms with E-state index in [1.54, 1.807) is 13.6 Å². The molecular weight excluding hydrogens is 132 g/mol. The van der Waals surface area contributed by atoms with E-state index in [0.717, 1.165) is 0 Å². The fraction of sp³-hybridized carbons (Fsp3) is 1.00. The van der Waals surface area contributed by atoms with Crippen LogP contribution in [-0.2, 0) is 0 Å². The Balaban J connectivity index is 3.51. The second kappa shape index (κ2) is 7.73. The minimum atomic E-state index is 1.46. The Kier molecular flexibility index (Phi) is 6.75. The zero-order valence-electron chi connectivity index (χ0n) is 5.42. The standard InChI is InChI=1S/CH5B2N7/c1-2-3-5-7-9-10-8-6-4/h1H3,(H2,4,5,8,9). The Labute approximate surface area is 58.6 Å². The molecule has 0 heterocycles. The molecule has 0 aromatic rings. The maximum atomic E-state index is 4.59. The molecule has 0 aromatic carbocycles. The third-order valence-electron chi connectivity index (χ3n) is 0.439. The van der Waals surface area contributed by atoms with Gasteiger partial charge in [-0.05, 0) is 0 Å². The Hall–Kier alpha value is -1.27. The second-order valence-corrected chi connectivity index (χ2v) is 1.07. The molecule has 0 aromatic heterocycles. The van der Waals surface area contributed by atoms with Gasteiger partial charge in [0.25, 0.3) is 0 Å². The first kappa shape index (κ1) is 8.73. The van der Waals surface area contributed by atoms with E-state index in [0.29, 0.717) is 0 Å². The third-order valence-corrected chi connectivity index (χ3v) is 0.439. The van der Waals surface area contributed by atoms with E-state index in [9.17, 15) is 0 Å². The van der Waals surface area contributed by atoms with Gasteiger partial charge in [-0.15, -0.1) is 0 Å². The van der Waals surface area contributed by atoms with Crippen LogP contribution in [0.15, 0.2) is 31.1 Å². The molecule has 0 aliphatic heterocycles. The molecule has 0 rings (SSSR count). The van der Waals surface area contributed by atoms with Gasteiger partial charge in [-0.2, -0.15) is 0 Å². The quantitative estimate of drug-likeness (QED) is 0.257. The van der Waals surface area contributed by atoms with Crippen molar-refractivity contribution in [1.82, 2.24) is 0 Å². The van der Waals surface area contributed by atoms with Crippen molar-refractivity contribution in [2.75, 3.05) is 0 Å². The first-order valence-corrected chi connectivity index (χ1v) is 2.43. The van der Waals surface area contributed by atoms with E-state index in [4.69, 9.17) is 0 Å². The van der Waals surface area contributed by atoms with E-state index < -0.39 is 0 Å². The molecule has 0 unspecified atom stereocenters. The number of hydrogen-bond acceptors (Lipinski definition) is 2. The van der Waals surface area contributed by atoms with Gasteiger partial charge in [-0.1, -0.05) is 0 Å². The van der Waals surface area contributed by atoms with E-state index in [1.807, 2.05) is 0 Å². The zero-order chi connectivity index (χ0) is 7.66. The topological polar surface area (TPSA) is 100 Å². The van der Waals surface area contributed by atoms with Gasteiger partial charge in [0.05, 0.1) is 0 Å². The van der Waals surface area contributed by atoms with Crippen molar-refractivity contribution in [1.29, 1.82) is 0 Å². The average Bonchev–Trinajstić information content (AvgIpc) is 1.97. The molecule has 0 aliphatic carbocycles. The fourth-order valence-corrected chi connectivity index (χ4v) is 0.178. The summed E-state index contributed by atoms with van der Waals surface area (Å²) < 4.78 is 0. The van der Waals surface area contributed by atoms with Crippen LogP contribution in [0.3, 0.4) is 0 Å². The molecule has 0 saturated heterocycles. The molecule has 0 fully saturated rings. The van der Waals surface area contributed by atoms with Crippen LogP contribution in [0.1, 0.15) is 0 Å². The van der Waals surface area contributed by atoms with Crippen molar-refractivity contribution in [3.05, 3.63) is 0 Å². The van der Waals surface area contributed by atoms with Crippen LogP contribution in [0, 0.1) is 0 Å². The summed E-state index contributed by atoms with van der Waals surface area (Å²) in [7, 11) is 0. The van der Waals surface area contributed by atoms with Crippen LogP contribution in [0.4, 0.5) is 0 Å². The molecule has 0 spiro atoms. The van der Waals surface area contributed by atoms with Crippen molar-refractivity contribution < 1.29 is 0 Å². The second-order valence-electron chi connectivity index (χ2n) is 1.07. The van der Waals surface area contributed by atoms with Crippen molar-refractivity contribution in [3.63, 3.8) is 0 Å². The van der Waals surface area contributed by atoms with Gasteiger partial charge in [0.2, 0.25) is 0 Å². The first-order chi connectivity index (χ1) is 4.91. The summed E-state index contributed by atoms with van der Waals surface area (Å²) in [5, 5.41) is 18.5. The Morgan fingerprint density at radius 1 is 1.10 bits per heavy atom. The first-order valence-electron chi connectivity index (χ1n) is 2.43. The van der Waals surface area contributed by atoms with Gasteiger partial charge in [-0.25, -0.2) is 0 Å². The molecular formula is CH5B2N7. The monoisotopic (exact) mass is 137 g/mol. The number of hydrogen-bond donors (Lipinski definition) is 1. The fourth-order valence-electron chi connectivity index (χ4n) is 0.178. The Morgan fingerprint density at radius 2 is 1.80 bits per heavy atom. The predicted octanol–water partition coefficient (Wildman–Crippen LogP) is 0.333. The van der Waals surface area contributed by atoms with Gasteiger partial charge in [0.15, 0.2) is 0 Å². The summed E-state index contributed by atoms with van der Waals surface area (Å²) in [6.45, 7) is 4.96. The Morgan fingerprint density at radius 3 is 2.40 bits per heavy atom. The summed E-state index contributed by atoms with van der Waals surface area (Å²) in [6, 6.07) is 0. The van der Waals surface area contributed by atoms with Gasteiger partial charge < -0.3 is 0 Å². The SMILES string of the molecule is CB=BN=NN=NN=NN. The van der Waals surface area contributed by atoms with Crippen LogP contribution in [-0.4, -0.2) is 13.7 Å². The average molecular weight is 137 g/mol. The van der Waals surface area contributed by atoms with Crippen molar-refractivity contribution in [3.8, 4) is 0 Å². The van der Waals surface area contributed by atoms with Crippen LogP contribution in [0.2, 0.25) is 6.82 Å². The molecule has 7 nitrogen and oxygen atoms in total. The number of nitrogens with two attached hydrogens (primary N) is 1. The van der Waals surface area contributed by atoms with Crippen molar-refractivity contribution in [2.24, 2.45) is 37.0 Å². The Bertz CT molecular complexity index is 148. The minimum absolute atomic E-state index is 1.46. The molecule has 0 atom stereocenters. The molecule has 0 bridgehead atoms. The molecule has 2 N–H and O–H groups in total. The van der Waals surface area contributed by atoms with E-state index >= 15 is 0 Å². The van der Waals surface area contributed by atoms with Crippen LogP contribution in [0.5, 0.6) is 0 Å². The molecule has 0 saturated carbocycles. The van der Waals surface area contributed by atoms with Crippen molar-refractivity contribution >= 4 is 13.7 Å². The normalized spacial score (nSPS) is 11.7. The molecule has 9 heteroatoms. The molecule has 50 valence electrons. The summed E-state index contributed by atoms with van der Waals surface area (Å²) >= 11 is 0. The maximum absolute atomic E-state index is 4.59. The molecule has 0 amide bonds. The summed E-state index contributed by atoms with van der Waals surface area (Å²) in [4.78, 5) is 0. The zero-order valence-corrected chi connectivity index (χ0v) is 5.42. The van der Waals surface area contributed by atoms with Gasteiger partial charge >= 0.3 is 57.5 Å². The molecule has 0 radical (unpaired) electrons. The summed E-state index contributed by atoms with van der Waals surface area (Å²) in [6.07, 6.45) is 0. The van der Waals surface area contributed by atoms with E-state index in [2.05, 4.69) is 37.0 Å². The molecule has 0 aliphatic rings. The third kappa shape index (κ3) is 6.73. The van der Waals surface area contributed by atoms with Crippen molar-refractivity contribution in [2.45, 2.75) is 6.82 Å². The summed E-state index contributed by atoms with van der Waals surface area (Å²) in [5.41, 5.74) is 0. The van der Waals surface area contributed by atoms with Gasteiger partial charge in [0, 0.05) is 0 Å². The van der Waals surface area contributed by atoms with E-state index in [1.165, 1.54) is 6.94 Å². The summed E-state index contributed by atoms with van der Waals surface area (Å²) in [5.74, 6) is 4.59. The van der Waals surface area contributed by atoms with Crippen LogP contribution < -0.4 is 5.84 Å². The van der Waals surface area contributed by atoms with E-state index in [-0.39, 0.29) is 0 Å². The number of rotatable bonds is 3. The van der Waals surface area contributed by atoms with Gasteiger partial charge in [0.1, 0.15) is 0 Å². The molecule has 10 heavy (non-hydrogen) atoms. The van der Waals surface area contributed by atoms with Crippen LogP contribution in [0.25, 0.3) is 0 Å².